The van der Waals surface area contributed by atoms with Gasteiger partial charge >= 0.3 is 0 Å². The Morgan fingerprint density at radius 2 is 1.00 bits per heavy atom. The molecular weight excluding hydrogens is 685 g/mol. The molecular formula is C57H40. The van der Waals surface area contributed by atoms with Gasteiger partial charge in [-0.3, -0.25) is 0 Å². The van der Waals surface area contributed by atoms with Gasteiger partial charge in [0.05, 0.1) is 0 Å². The molecule has 0 radical (unpaired) electrons. The SMILES string of the molecule is CC(C)c1ccc2c(c1)c1ccccc1c1c(-c3ccccc3)c3cc4c(cc3c(-c3ccccc3)c21)C1=c2c-4ccc3c2c(c2c4c(cccc43)=CCC2)CC1. The quantitative estimate of drug-likeness (QED) is 0.126. The van der Waals surface area contributed by atoms with E-state index in [0.29, 0.717) is 5.92 Å². The molecule has 268 valence electrons. The van der Waals surface area contributed by atoms with E-state index in [4.69, 9.17) is 0 Å². The highest BCUT2D eigenvalue weighted by atomic mass is 14.3. The van der Waals surface area contributed by atoms with Crippen LogP contribution in [0, 0.1) is 0 Å². The van der Waals surface area contributed by atoms with Gasteiger partial charge in [-0.1, -0.05) is 153 Å². The summed E-state index contributed by atoms with van der Waals surface area (Å²) in [4.78, 5) is 0. The lowest BCUT2D eigenvalue weighted by molar-refractivity contribution is 0.869. The summed E-state index contributed by atoms with van der Waals surface area (Å²) in [6.45, 7) is 4.62. The summed E-state index contributed by atoms with van der Waals surface area (Å²) in [5.41, 5.74) is 15.6. The number of rotatable bonds is 3. The molecule has 10 aromatic rings. The second-order valence-corrected chi connectivity index (χ2v) is 17.0. The van der Waals surface area contributed by atoms with Crippen LogP contribution in [-0.2, 0) is 12.8 Å². The highest BCUT2D eigenvalue weighted by Crippen LogP contribution is 2.52. The van der Waals surface area contributed by atoms with Gasteiger partial charge in [-0.2, -0.15) is 0 Å². The Hall–Kier alpha value is -6.50. The molecule has 0 atom stereocenters. The van der Waals surface area contributed by atoms with Crippen LogP contribution in [0.2, 0.25) is 0 Å². The summed E-state index contributed by atoms with van der Waals surface area (Å²) in [6, 6.07) is 56.0. The summed E-state index contributed by atoms with van der Waals surface area (Å²) in [6.07, 6.45) is 6.90. The van der Waals surface area contributed by atoms with Crippen molar-refractivity contribution in [2.75, 3.05) is 0 Å². The third-order valence-electron chi connectivity index (χ3n) is 13.9. The van der Waals surface area contributed by atoms with Crippen molar-refractivity contribution < 1.29 is 0 Å². The van der Waals surface area contributed by atoms with Gasteiger partial charge in [-0.05, 0) is 180 Å². The fraction of sp³-hybridized carbons (Fsp3) is 0.123. The van der Waals surface area contributed by atoms with E-state index in [0.717, 1.165) is 25.7 Å². The zero-order chi connectivity index (χ0) is 37.5. The van der Waals surface area contributed by atoms with E-state index in [1.807, 2.05) is 0 Å². The van der Waals surface area contributed by atoms with Gasteiger partial charge < -0.3 is 0 Å². The summed E-state index contributed by atoms with van der Waals surface area (Å²) < 4.78 is 0. The van der Waals surface area contributed by atoms with E-state index in [1.165, 1.54) is 125 Å². The molecule has 3 aliphatic carbocycles. The lowest BCUT2D eigenvalue weighted by Crippen LogP contribution is -2.19. The zero-order valence-electron chi connectivity index (χ0n) is 32.3. The fourth-order valence-electron chi connectivity index (χ4n) is 11.5. The number of aryl methyl sites for hydroxylation is 2. The lowest BCUT2D eigenvalue weighted by atomic mass is 9.79. The van der Waals surface area contributed by atoms with Crippen molar-refractivity contribution in [2.45, 2.75) is 45.4 Å². The molecule has 0 spiro atoms. The molecule has 0 bridgehead atoms. The molecule has 0 heteroatoms. The van der Waals surface area contributed by atoms with Crippen molar-refractivity contribution in [3.05, 3.63) is 178 Å². The fourth-order valence-corrected chi connectivity index (χ4v) is 11.5. The average Bonchev–Trinajstić information content (AvgIpc) is 3.58. The Bertz CT molecular complexity index is 3570. The van der Waals surface area contributed by atoms with Crippen LogP contribution in [0.4, 0.5) is 0 Å². The molecule has 0 N–H and O–H groups in total. The highest BCUT2D eigenvalue weighted by Gasteiger charge is 2.31. The van der Waals surface area contributed by atoms with Crippen LogP contribution in [0.15, 0.2) is 146 Å². The van der Waals surface area contributed by atoms with Crippen molar-refractivity contribution in [3.8, 4) is 33.4 Å². The largest absolute Gasteiger partial charge is 0.0763 e. The van der Waals surface area contributed by atoms with E-state index in [-0.39, 0.29) is 0 Å². The van der Waals surface area contributed by atoms with Crippen molar-refractivity contribution in [3.63, 3.8) is 0 Å². The van der Waals surface area contributed by atoms with E-state index < -0.39 is 0 Å². The van der Waals surface area contributed by atoms with Crippen molar-refractivity contribution in [1.29, 1.82) is 0 Å². The minimum atomic E-state index is 0.444. The maximum Gasteiger partial charge on any atom is -0.000763 e. The molecule has 0 unspecified atom stereocenters. The molecule has 0 saturated carbocycles. The molecule has 0 nitrogen and oxygen atoms in total. The lowest BCUT2D eigenvalue weighted by Gasteiger charge is -2.24. The van der Waals surface area contributed by atoms with Gasteiger partial charge in [0.25, 0.3) is 0 Å². The normalized spacial score (nSPS) is 14.1. The second-order valence-electron chi connectivity index (χ2n) is 17.0. The van der Waals surface area contributed by atoms with Crippen molar-refractivity contribution >= 4 is 76.3 Å². The van der Waals surface area contributed by atoms with Gasteiger partial charge in [-0.15, -0.1) is 0 Å². The van der Waals surface area contributed by atoms with Gasteiger partial charge in [-0.25, -0.2) is 0 Å². The Balaban J connectivity index is 1.26. The molecule has 3 aliphatic rings. The molecule has 0 aromatic heterocycles. The Morgan fingerprint density at radius 1 is 0.404 bits per heavy atom. The Kier molecular flexibility index (Phi) is 6.41. The Morgan fingerprint density at radius 3 is 1.74 bits per heavy atom. The maximum absolute atomic E-state index is 2.62. The van der Waals surface area contributed by atoms with Gasteiger partial charge in [0.1, 0.15) is 0 Å². The third kappa shape index (κ3) is 4.18. The molecule has 0 amide bonds. The molecule has 0 fully saturated rings. The molecule has 0 aliphatic heterocycles. The number of fused-ring (bicyclic) bond motifs is 12. The smallest absolute Gasteiger partial charge is 0.000763 e. The number of hydrogen-bond acceptors (Lipinski definition) is 0. The van der Waals surface area contributed by atoms with E-state index >= 15 is 0 Å². The van der Waals surface area contributed by atoms with Crippen LogP contribution in [-0.4, -0.2) is 0 Å². The van der Waals surface area contributed by atoms with Gasteiger partial charge in [0.15, 0.2) is 0 Å². The average molecular weight is 725 g/mol. The maximum atomic E-state index is 2.62. The third-order valence-corrected chi connectivity index (χ3v) is 13.9. The first-order valence-electron chi connectivity index (χ1n) is 20.9. The standard InChI is InChI=1S/C57H40/c1-32(2)36-23-24-45-46(29-36)37-19-9-10-20-38(37)56-52(34-13-5-3-6-14-34)49-30-47-43-27-25-41-39-21-11-17-33-18-12-22-40(51(33)39)42-26-28-44(55(43)54(41)42)48(47)31-50(49)53(57(45)56)35-15-7-4-8-16-35/h3-11,13-21,23-25,27,29-32H,12,22,26,28H2,1-2H3. The molecule has 57 heavy (non-hydrogen) atoms. The minimum Gasteiger partial charge on any atom is -0.0763 e. The highest BCUT2D eigenvalue weighted by molar-refractivity contribution is 6.37. The summed E-state index contributed by atoms with van der Waals surface area (Å²) in [5.74, 6) is 0.444. The number of benzene rings is 10. The molecule has 0 saturated heterocycles. The van der Waals surface area contributed by atoms with Crippen LogP contribution in [0.1, 0.15) is 54.9 Å². The van der Waals surface area contributed by atoms with E-state index in [9.17, 15) is 0 Å². The second kappa shape index (κ2) is 11.5. The molecule has 10 aromatic carbocycles. The van der Waals surface area contributed by atoms with Gasteiger partial charge in [0, 0.05) is 0 Å². The van der Waals surface area contributed by atoms with E-state index in [1.54, 1.807) is 11.1 Å². The van der Waals surface area contributed by atoms with Gasteiger partial charge in [0.2, 0.25) is 0 Å². The predicted octanol–water partition coefficient (Wildman–Crippen LogP) is 13.9. The van der Waals surface area contributed by atoms with Crippen molar-refractivity contribution in [1.82, 2.24) is 0 Å². The first-order chi connectivity index (χ1) is 28.1. The number of hydrogen-bond donors (Lipinski definition) is 0. The van der Waals surface area contributed by atoms with E-state index in [2.05, 4.69) is 166 Å². The minimum absolute atomic E-state index is 0.444. The van der Waals surface area contributed by atoms with Crippen molar-refractivity contribution in [2.24, 2.45) is 0 Å². The van der Waals surface area contributed by atoms with Crippen LogP contribution in [0.25, 0.3) is 110 Å². The zero-order valence-corrected chi connectivity index (χ0v) is 32.3. The van der Waals surface area contributed by atoms with Crippen LogP contribution >= 0.6 is 0 Å². The first kappa shape index (κ1) is 31.7. The summed E-state index contributed by atoms with van der Waals surface area (Å²) >= 11 is 0. The predicted molar refractivity (Wildman–Crippen MR) is 245 cm³/mol. The topological polar surface area (TPSA) is 0 Å². The summed E-state index contributed by atoms with van der Waals surface area (Å²) in [5, 5.41) is 19.5. The monoisotopic (exact) mass is 724 g/mol. The first-order valence-corrected chi connectivity index (χ1v) is 20.9. The molecule has 13 rings (SSSR count). The van der Waals surface area contributed by atoms with Crippen LogP contribution < -0.4 is 10.4 Å². The van der Waals surface area contributed by atoms with Crippen LogP contribution in [0.5, 0.6) is 0 Å². The summed E-state index contributed by atoms with van der Waals surface area (Å²) in [7, 11) is 0. The molecule has 0 heterocycles. The Labute approximate surface area is 332 Å². The van der Waals surface area contributed by atoms with Crippen LogP contribution in [0.3, 0.4) is 0 Å².